The number of nitrogens with zero attached hydrogens (tertiary/aromatic N) is 4. The SMILES string of the molecule is Cc1c(NC(=O)c2cccn2C2CC2)cccc1-c1nncn1C. The van der Waals surface area contributed by atoms with Crippen molar-refractivity contribution in [2.75, 3.05) is 5.32 Å². The zero-order valence-corrected chi connectivity index (χ0v) is 13.7. The van der Waals surface area contributed by atoms with Gasteiger partial charge < -0.3 is 14.5 Å². The average Bonchev–Trinajstić information content (AvgIpc) is 3.13. The Labute approximate surface area is 140 Å². The van der Waals surface area contributed by atoms with Crippen LogP contribution in [0, 0.1) is 6.92 Å². The highest BCUT2D eigenvalue weighted by molar-refractivity contribution is 6.04. The molecular weight excluding hydrogens is 302 g/mol. The molecular formula is C18H19N5O. The van der Waals surface area contributed by atoms with E-state index >= 15 is 0 Å². The molecule has 1 N–H and O–H groups in total. The van der Waals surface area contributed by atoms with Crippen LogP contribution < -0.4 is 5.32 Å². The van der Waals surface area contributed by atoms with Gasteiger partial charge in [-0.25, -0.2) is 0 Å². The van der Waals surface area contributed by atoms with Gasteiger partial charge in [-0.05, 0) is 43.5 Å². The van der Waals surface area contributed by atoms with Crippen molar-refractivity contribution in [2.45, 2.75) is 25.8 Å². The second kappa shape index (κ2) is 5.63. The molecule has 0 saturated heterocycles. The van der Waals surface area contributed by atoms with Crippen LogP contribution in [-0.4, -0.2) is 25.2 Å². The minimum atomic E-state index is -0.0786. The Morgan fingerprint density at radius 1 is 1.25 bits per heavy atom. The molecule has 0 aliphatic heterocycles. The van der Waals surface area contributed by atoms with Crippen molar-refractivity contribution in [1.82, 2.24) is 19.3 Å². The van der Waals surface area contributed by atoms with E-state index in [1.807, 2.05) is 55.1 Å². The molecule has 2 aromatic heterocycles. The van der Waals surface area contributed by atoms with E-state index in [2.05, 4.69) is 20.1 Å². The number of carbonyl (C=O) groups is 1. The maximum absolute atomic E-state index is 12.7. The molecule has 122 valence electrons. The molecule has 4 rings (SSSR count). The van der Waals surface area contributed by atoms with Gasteiger partial charge in [0.25, 0.3) is 5.91 Å². The van der Waals surface area contributed by atoms with E-state index in [4.69, 9.17) is 0 Å². The van der Waals surface area contributed by atoms with Crippen LogP contribution in [0.15, 0.2) is 42.9 Å². The van der Waals surface area contributed by atoms with E-state index in [1.165, 1.54) is 0 Å². The molecule has 6 heteroatoms. The number of rotatable bonds is 4. The first-order chi connectivity index (χ1) is 11.6. The van der Waals surface area contributed by atoms with Gasteiger partial charge in [-0.3, -0.25) is 4.79 Å². The Hall–Kier alpha value is -2.89. The van der Waals surface area contributed by atoms with E-state index in [0.29, 0.717) is 11.7 Å². The zero-order chi connectivity index (χ0) is 16.7. The third kappa shape index (κ3) is 2.50. The Morgan fingerprint density at radius 2 is 2.08 bits per heavy atom. The first-order valence-electron chi connectivity index (χ1n) is 8.07. The first kappa shape index (κ1) is 14.7. The average molecular weight is 321 g/mol. The Balaban J connectivity index is 1.64. The number of anilines is 1. The fourth-order valence-electron chi connectivity index (χ4n) is 2.98. The highest BCUT2D eigenvalue weighted by atomic mass is 16.2. The summed E-state index contributed by atoms with van der Waals surface area (Å²) in [7, 11) is 1.91. The topological polar surface area (TPSA) is 64.7 Å². The zero-order valence-electron chi connectivity index (χ0n) is 13.7. The molecule has 1 aliphatic carbocycles. The molecule has 3 aromatic rings. The third-order valence-electron chi connectivity index (χ3n) is 4.49. The molecule has 0 spiro atoms. The number of hydrogen-bond acceptors (Lipinski definition) is 3. The van der Waals surface area contributed by atoms with E-state index in [-0.39, 0.29) is 5.91 Å². The van der Waals surface area contributed by atoms with E-state index < -0.39 is 0 Å². The normalized spacial score (nSPS) is 13.9. The summed E-state index contributed by atoms with van der Waals surface area (Å²) < 4.78 is 3.93. The molecule has 1 saturated carbocycles. The number of aromatic nitrogens is 4. The second-order valence-electron chi connectivity index (χ2n) is 6.23. The molecule has 24 heavy (non-hydrogen) atoms. The smallest absolute Gasteiger partial charge is 0.272 e. The predicted octanol–water partition coefficient (Wildman–Crippen LogP) is 3.18. The molecule has 6 nitrogen and oxygen atoms in total. The lowest BCUT2D eigenvalue weighted by Crippen LogP contribution is -2.17. The molecule has 1 fully saturated rings. The summed E-state index contributed by atoms with van der Waals surface area (Å²) in [5.41, 5.74) is 3.45. The summed E-state index contributed by atoms with van der Waals surface area (Å²) in [5.74, 6) is 0.704. The molecule has 0 atom stereocenters. The maximum atomic E-state index is 12.7. The summed E-state index contributed by atoms with van der Waals surface area (Å²) >= 11 is 0. The summed E-state index contributed by atoms with van der Waals surface area (Å²) in [6.07, 6.45) is 5.95. The van der Waals surface area contributed by atoms with Crippen LogP contribution in [0.25, 0.3) is 11.4 Å². The number of carbonyl (C=O) groups excluding carboxylic acids is 1. The van der Waals surface area contributed by atoms with Crippen molar-refractivity contribution >= 4 is 11.6 Å². The summed E-state index contributed by atoms with van der Waals surface area (Å²) in [6, 6.07) is 10.1. The van der Waals surface area contributed by atoms with Crippen LogP contribution in [0.3, 0.4) is 0 Å². The number of aryl methyl sites for hydroxylation is 1. The Kier molecular flexibility index (Phi) is 3.45. The van der Waals surface area contributed by atoms with Gasteiger partial charge in [0.1, 0.15) is 12.0 Å². The molecule has 0 radical (unpaired) electrons. The standard InChI is InChI=1S/C18H19N5O/c1-12-14(17-21-19-11-22(17)2)5-3-6-15(12)20-18(24)16-7-4-10-23(16)13-8-9-13/h3-7,10-11,13H,8-9H2,1-2H3,(H,20,24). The summed E-state index contributed by atoms with van der Waals surface area (Å²) in [4.78, 5) is 12.7. The van der Waals surface area contributed by atoms with Gasteiger partial charge in [0.05, 0.1) is 0 Å². The first-order valence-corrected chi connectivity index (χ1v) is 8.07. The number of amides is 1. The van der Waals surface area contributed by atoms with E-state index in [0.717, 1.165) is 35.5 Å². The van der Waals surface area contributed by atoms with Gasteiger partial charge in [-0.1, -0.05) is 12.1 Å². The van der Waals surface area contributed by atoms with Gasteiger partial charge >= 0.3 is 0 Å². The Morgan fingerprint density at radius 3 is 2.79 bits per heavy atom. The second-order valence-corrected chi connectivity index (χ2v) is 6.23. The van der Waals surface area contributed by atoms with Gasteiger partial charge in [0, 0.05) is 30.5 Å². The Bertz CT molecular complexity index is 904. The molecule has 1 aromatic carbocycles. The summed E-state index contributed by atoms with van der Waals surface area (Å²) in [6.45, 7) is 1.99. The van der Waals surface area contributed by atoms with Crippen LogP contribution in [0.2, 0.25) is 0 Å². The van der Waals surface area contributed by atoms with Crippen molar-refractivity contribution in [3.05, 3.63) is 54.1 Å². The highest BCUT2D eigenvalue weighted by Crippen LogP contribution is 2.36. The van der Waals surface area contributed by atoms with Crippen molar-refractivity contribution in [1.29, 1.82) is 0 Å². The van der Waals surface area contributed by atoms with E-state index in [1.54, 1.807) is 6.33 Å². The van der Waals surface area contributed by atoms with Crippen LogP contribution in [0.1, 0.15) is 34.9 Å². The summed E-state index contributed by atoms with van der Waals surface area (Å²) in [5, 5.41) is 11.1. The van der Waals surface area contributed by atoms with Gasteiger partial charge in [-0.2, -0.15) is 0 Å². The molecule has 1 aliphatic rings. The largest absolute Gasteiger partial charge is 0.340 e. The third-order valence-corrected chi connectivity index (χ3v) is 4.49. The fraction of sp³-hybridized carbons (Fsp3) is 0.278. The monoisotopic (exact) mass is 321 g/mol. The quantitative estimate of drug-likeness (QED) is 0.802. The number of hydrogen-bond donors (Lipinski definition) is 1. The van der Waals surface area contributed by atoms with Crippen molar-refractivity contribution in [3.63, 3.8) is 0 Å². The molecule has 2 heterocycles. The maximum Gasteiger partial charge on any atom is 0.272 e. The minimum absolute atomic E-state index is 0.0786. The minimum Gasteiger partial charge on any atom is -0.340 e. The van der Waals surface area contributed by atoms with Crippen LogP contribution >= 0.6 is 0 Å². The number of benzene rings is 1. The van der Waals surface area contributed by atoms with Crippen LogP contribution in [-0.2, 0) is 7.05 Å². The van der Waals surface area contributed by atoms with Crippen molar-refractivity contribution < 1.29 is 4.79 Å². The molecule has 0 bridgehead atoms. The van der Waals surface area contributed by atoms with Crippen LogP contribution in [0.4, 0.5) is 5.69 Å². The lowest BCUT2D eigenvalue weighted by Gasteiger charge is -2.13. The lowest BCUT2D eigenvalue weighted by molar-refractivity contribution is 0.101. The predicted molar refractivity (Wildman–Crippen MR) is 91.8 cm³/mol. The lowest BCUT2D eigenvalue weighted by atomic mass is 10.1. The van der Waals surface area contributed by atoms with Gasteiger partial charge in [-0.15, -0.1) is 10.2 Å². The highest BCUT2D eigenvalue weighted by Gasteiger charge is 2.27. The fourth-order valence-corrected chi connectivity index (χ4v) is 2.98. The molecule has 1 amide bonds. The van der Waals surface area contributed by atoms with E-state index in [9.17, 15) is 4.79 Å². The molecule has 0 unspecified atom stereocenters. The van der Waals surface area contributed by atoms with Crippen molar-refractivity contribution in [3.8, 4) is 11.4 Å². The van der Waals surface area contributed by atoms with Gasteiger partial charge in [0.2, 0.25) is 0 Å². The van der Waals surface area contributed by atoms with Crippen molar-refractivity contribution in [2.24, 2.45) is 7.05 Å². The van der Waals surface area contributed by atoms with Crippen LogP contribution in [0.5, 0.6) is 0 Å². The van der Waals surface area contributed by atoms with Gasteiger partial charge in [0.15, 0.2) is 5.82 Å². The number of nitrogens with one attached hydrogen (secondary N) is 1.